The van der Waals surface area contributed by atoms with Crippen molar-refractivity contribution in [2.75, 3.05) is 5.01 Å². The lowest BCUT2D eigenvalue weighted by atomic mass is 9.93. The molecule has 1 aromatic heterocycles. The van der Waals surface area contributed by atoms with E-state index in [1.807, 2.05) is 30.3 Å². The third-order valence-corrected chi connectivity index (χ3v) is 4.16. The molecule has 0 radical (unpaired) electrons. The van der Waals surface area contributed by atoms with E-state index in [4.69, 9.17) is 0 Å². The van der Waals surface area contributed by atoms with Crippen molar-refractivity contribution in [2.24, 2.45) is 0 Å². The number of nitrogens with zero attached hydrogens (tertiary/aromatic N) is 2. The molecule has 2 amide bonds. The Kier molecular flexibility index (Phi) is 2.33. The van der Waals surface area contributed by atoms with Crippen LogP contribution in [0.25, 0.3) is 10.9 Å². The molecule has 0 N–H and O–H groups in total. The molecule has 4 heteroatoms. The van der Waals surface area contributed by atoms with Gasteiger partial charge < -0.3 is 0 Å². The second-order valence-corrected chi connectivity index (χ2v) is 5.31. The molecule has 0 atom stereocenters. The number of imide groups is 1. The van der Waals surface area contributed by atoms with Crippen molar-refractivity contribution in [2.45, 2.75) is 25.7 Å². The van der Waals surface area contributed by atoms with Gasteiger partial charge in [-0.05, 0) is 37.8 Å². The van der Waals surface area contributed by atoms with Gasteiger partial charge in [0.15, 0.2) is 0 Å². The molecule has 1 aromatic carbocycles. The fraction of sp³-hybridized carbons (Fsp3) is 0.250. The number of amides is 2. The molecule has 0 saturated heterocycles. The Morgan fingerprint density at radius 2 is 1.50 bits per heavy atom. The Morgan fingerprint density at radius 3 is 2.20 bits per heavy atom. The average Bonchev–Trinajstić information content (AvgIpc) is 3.01. The summed E-state index contributed by atoms with van der Waals surface area (Å²) in [6, 6.07) is 9.69. The van der Waals surface area contributed by atoms with Gasteiger partial charge in [0.1, 0.15) is 0 Å². The highest BCUT2D eigenvalue weighted by atomic mass is 16.2. The lowest BCUT2D eigenvalue weighted by molar-refractivity contribution is -0.122. The van der Waals surface area contributed by atoms with Gasteiger partial charge in [0.25, 0.3) is 11.8 Å². The molecule has 100 valence electrons. The maximum atomic E-state index is 12.5. The van der Waals surface area contributed by atoms with E-state index in [1.54, 1.807) is 10.9 Å². The van der Waals surface area contributed by atoms with Gasteiger partial charge in [-0.2, -0.15) is 5.01 Å². The summed E-state index contributed by atoms with van der Waals surface area (Å²) in [5.74, 6) is -0.294. The van der Waals surface area contributed by atoms with E-state index in [2.05, 4.69) is 0 Å². The van der Waals surface area contributed by atoms with Crippen LogP contribution in [-0.2, 0) is 9.59 Å². The maximum absolute atomic E-state index is 12.5. The van der Waals surface area contributed by atoms with Gasteiger partial charge in [-0.3, -0.25) is 14.3 Å². The van der Waals surface area contributed by atoms with E-state index in [0.717, 1.165) is 47.7 Å². The summed E-state index contributed by atoms with van der Waals surface area (Å²) in [6.45, 7) is 0. The van der Waals surface area contributed by atoms with Crippen molar-refractivity contribution in [3.63, 3.8) is 0 Å². The zero-order valence-electron chi connectivity index (χ0n) is 11.0. The van der Waals surface area contributed by atoms with Crippen LogP contribution in [0.3, 0.4) is 0 Å². The first-order valence-corrected chi connectivity index (χ1v) is 6.94. The fourth-order valence-corrected chi connectivity index (χ4v) is 3.16. The average molecular weight is 266 g/mol. The lowest BCUT2D eigenvalue weighted by Crippen LogP contribution is -2.40. The molecule has 2 heterocycles. The Bertz CT molecular complexity index is 742. The highest BCUT2D eigenvalue weighted by Gasteiger charge is 2.40. The molecule has 2 aromatic rings. The van der Waals surface area contributed by atoms with E-state index in [-0.39, 0.29) is 11.8 Å². The van der Waals surface area contributed by atoms with Gasteiger partial charge in [0.2, 0.25) is 0 Å². The summed E-state index contributed by atoms with van der Waals surface area (Å²) in [7, 11) is 0. The molecule has 1 aliphatic heterocycles. The summed E-state index contributed by atoms with van der Waals surface area (Å²) in [5, 5.41) is 2.32. The monoisotopic (exact) mass is 266 g/mol. The molecule has 0 spiro atoms. The fourth-order valence-electron chi connectivity index (χ4n) is 3.16. The number of rotatable bonds is 1. The number of para-hydroxylation sites is 1. The number of carbonyl (C=O) groups excluding carboxylic acids is 2. The van der Waals surface area contributed by atoms with Gasteiger partial charge in [0.05, 0.1) is 5.52 Å². The first kappa shape index (κ1) is 11.5. The molecule has 0 fully saturated rings. The number of hydrogen-bond acceptors (Lipinski definition) is 2. The van der Waals surface area contributed by atoms with Crippen LogP contribution in [0.2, 0.25) is 0 Å². The highest BCUT2D eigenvalue weighted by Crippen LogP contribution is 2.33. The van der Waals surface area contributed by atoms with Gasteiger partial charge >= 0.3 is 0 Å². The normalized spacial score (nSPS) is 19.1. The Morgan fingerprint density at radius 1 is 0.850 bits per heavy atom. The number of carbonyl (C=O) groups is 2. The van der Waals surface area contributed by atoms with E-state index in [0.29, 0.717) is 0 Å². The van der Waals surface area contributed by atoms with Crippen LogP contribution in [0.4, 0.5) is 0 Å². The van der Waals surface area contributed by atoms with Crippen LogP contribution in [-0.4, -0.2) is 16.5 Å². The second kappa shape index (κ2) is 4.07. The molecule has 4 rings (SSSR count). The van der Waals surface area contributed by atoms with Crippen LogP contribution in [0, 0.1) is 0 Å². The summed E-state index contributed by atoms with van der Waals surface area (Å²) in [6.07, 6.45) is 5.25. The van der Waals surface area contributed by atoms with Gasteiger partial charge in [-0.1, -0.05) is 18.2 Å². The smallest absolute Gasteiger partial charge is 0.267 e. The first-order chi connectivity index (χ1) is 9.77. The predicted octanol–water partition coefficient (Wildman–Crippen LogP) is 2.52. The maximum Gasteiger partial charge on any atom is 0.276 e. The Labute approximate surface area is 116 Å². The SMILES string of the molecule is O=C1C2=C(CCCC2)C(=O)N1n1ccc2ccccc21. The highest BCUT2D eigenvalue weighted by molar-refractivity contribution is 6.29. The third-order valence-electron chi connectivity index (χ3n) is 4.16. The number of hydrogen-bond donors (Lipinski definition) is 0. The largest absolute Gasteiger partial charge is 0.276 e. The molecule has 4 nitrogen and oxygen atoms in total. The van der Waals surface area contributed by atoms with E-state index < -0.39 is 0 Å². The van der Waals surface area contributed by atoms with Crippen molar-refractivity contribution in [3.8, 4) is 0 Å². The van der Waals surface area contributed by atoms with E-state index in [1.165, 1.54) is 5.01 Å². The van der Waals surface area contributed by atoms with Crippen molar-refractivity contribution in [3.05, 3.63) is 47.7 Å². The van der Waals surface area contributed by atoms with Gasteiger partial charge in [-0.15, -0.1) is 0 Å². The quantitative estimate of drug-likeness (QED) is 0.744. The molecule has 0 unspecified atom stereocenters. The summed E-state index contributed by atoms with van der Waals surface area (Å²) in [5.41, 5.74) is 2.33. The van der Waals surface area contributed by atoms with Crippen molar-refractivity contribution < 1.29 is 9.59 Å². The summed E-state index contributed by atoms with van der Waals surface area (Å²) in [4.78, 5) is 25.0. The minimum Gasteiger partial charge on any atom is -0.267 e. The third kappa shape index (κ3) is 1.42. The second-order valence-electron chi connectivity index (χ2n) is 5.31. The predicted molar refractivity (Wildman–Crippen MR) is 75.7 cm³/mol. The molecular formula is C16H14N2O2. The zero-order valence-corrected chi connectivity index (χ0v) is 11.0. The molecule has 20 heavy (non-hydrogen) atoms. The van der Waals surface area contributed by atoms with Crippen LogP contribution in [0.5, 0.6) is 0 Å². The molecular weight excluding hydrogens is 252 g/mol. The van der Waals surface area contributed by atoms with Gasteiger partial charge in [-0.25, -0.2) is 0 Å². The minimum absolute atomic E-state index is 0.147. The minimum atomic E-state index is -0.147. The van der Waals surface area contributed by atoms with Crippen LogP contribution < -0.4 is 5.01 Å². The van der Waals surface area contributed by atoms with E-state index in [9.17, 15) is 9.59 Å². The molecule has 1 aliphatic carbocycles. The standard InChI is InChI=1S/C16H14N2O2/c19-15-12-6-2-3-7-13(12)16(20)18(15)17-10-9-11-5-1-4-8-14(11)17/h1,4-5,8-10H,2-3,6-7H2. The van der Waals surface area contributed by atoms with Crippen LogP contribution in [0.15, 0.2) is 47.7 Å². The van der Waals surface area contributed by atoms with E-state index >= 15 is 0 Å². The number of benzene rings is 1. The summed E-state index contributed by atoms with van der Waals surface area (Å²) >= 11 is 0. The Hall–Kier alpha value is -2.36. The molecule has 0 saturated carbocycles. The first-order valence-electron chi connectivity index (χ1n) is 6.94. The lowest BCUT2D eigenvalue weighted by Gasteiger charge is -2.17. The van der Waals surface area contributed by atoms with Crippen molar-refractivity contribution >= 4 is 22.7 Å². The van der Waals surface area contributed by atoms with Crippen LogP contribution in [0.1, 0.15) is 25.7 Å². The Balaban J connectivity index is 1.84. The van der Waals surface area contributed by atoms with Crippen molar-refractivity contribution in [1.29, 1.82) is 0 Å². The number of fused-ring (bicyclic) bond motifs is 1. The molecule has 2 aliphatic rings. The summed E-state index contributed by atoms with van der Waals surface area (Å²) < 4.78 is 1.68. The van der Waals surface area contributed by atoms with Gasteiger partial charge in [0, 0.05) is 22.7 Å². The topological polar surface area (TPSA) is 42.3 Å². The van der Waals surface area contributed by atoms with Crippen molar-refractivity contribution in [1.82, 2.24) is 4.68 Å². The van der Waals surface area contributed by atoms with Crippen LogP contribution >= 0.6 is 0 Å². The molecule has 0 bridgehead atoms. The number of aromatic nitrogens is 1. The zero-order chi connectivity index (χ0) is 13.7.